The normalized spacial score (nSPS) is 22.4. The monoisotopic (exact) mass is 403 g/mol. The molecule has 0 radical (unpaired) electrons. The van der Waals surface area contributed by atoms with Crippen molar-refractivity contribution in [1.29, 1.82) is 5.26 Å². The molecule has 1 fully saturated rings. The number of hydrogen-bond acceptors (Lipinski definition) is 1. The lowest BCUT2D eigenvalue weighted by Crippen LogP contribution is -2.08. The lowest BCUT2D eigenvalue weighted by atomic mass is 9.85. The molecular weight excluding hydrogens is 383 g/mol. The molecule has 0 N–H and O–H groups in total. The predicted octanol–water partition coefficient (Wildman–Crippen LogP) is 7.23. The first kappa shape index (κ1) is 20.5. The van der Waals surface area contributed by atoms with Crippen LogP contribution in [0.1, 0.15) is 30.9 Å². The van der Waals surface area contributed by atoms with E-state index in [-0.39, 0.29) is 5.92 Å². The number of allylic oxidation sites excluding steroid dienone is 2. The van der Waals surface area contributed by atoms with Crippen LogP contribution in [0.3, 0.4) is 0 Å². The Bertz CT molecular complexity index is 939. The minimum absolute atomic E-state index is 0.224. The lowest BCUT2D eigenvalue weighted by molar-refractivity contribution is -0.0848. The summed E-state index contributed by atoms with van der Waals surface area (Å²) in [5.74, 6) is -1.12. The third-order valence-electron chi connectivity index (χ3n) is 5.89. The quantitative estimate of drug-likeness (QED) is 0.528. The van der Waals surface area contributed by atoms with Gasteiger partial charge in [-0.05, 0) is 46.4 Å². The summed E-state index contributed by atoms with van der Waals surface area (Å²) in [4.78, 5) is 0. The number of rotatable bonds is 4. The standard InChI is InChI=1S/C23H21ClF3N/c1-14-16(15-8-5-4-6-9-15)10-7-11-17(14)18(13-28)21-19(22(21,2)3)12-20(24)23(25,26)27/h4-12,18-19,21H,1-3H3. The maximum absolute atomic E-state index is 12.9. The van der Waals surface area contributed by atoms with E-state index in [1.54, 1.807) is 0 Å². The van der Waals surface area contributed by atoms with Gasteiger partial charge in [0, 0.05) is 0 Å². The highest BCUT2D eigenvalue weighted by Gasteiger charge is 2.61. The Morgan fingerprint density at radius 1 is 1.14 bits per heavy atom. The second kappa shape index (κ2) is 7.29. The fraction of sp³-hybridized carbons (Fsp3) is 0.348. The molecule has 0 amide bonds. The van der Waals surface area contributed by atoms with Crippen molar-refractivity contribution >= 4 is 11.6 Å². The van der Waals surface area contributed by atoms with Crippen molar-refractivity contribution < 1.29 is 13.2 Å². The van der Waals surface area contributed by atoms with Crippen LogP contribution in [0.5, 0.6) is 0 Å². The van der Waals surface area contributed by atoms with Gasteiger partial charge in [0.15, 0.2) is 0 Å². The minimum atomic E-state index is -4.56. The van der Waals surface area contributed by atoms with Crippen molar-refractivity contribution in [2.24, 2.45) is 17.3 Å². The minimum Gasteiger partial charge on any atom is -0.198 e. The highest BCUT2D eigenvalue weighted by atomic mass is 35.5. The Kier molecular flexibility index (Phi) is 5.34. The fourth-order valence-corrected chi connectivity index (χ4v) is 4.33. The topological polar surface area (TPSA) is 23.8 Å². The lowest BCUT2D eigenvalue weighted by Gasteiger charge is -2.17. The molecule has 0 bridgehead atoms. The number of halogens is 4. The van der Waals surface area contributed by atoms with Gasteiger partial charge in [0.05, 0.1) is 12.0 Å². The van der Waals surface area contributed by atoms with Crippen molar-refractivity contribution in [3.8, 4) is 17.2 Å². The Morgan fingerprint density at radius 3 is 2.36 bits per heavy atom. The van der Waals surface area contributed by atoms with Gasteiger partial charge in [-0.15, -0.1) is 0 Å². The molecule has 5 heteroatoms. The van der Waals surface area contributed by atoms with Gasteiger partial charge in [-0.3, -0.25) is 0 Å². The van der Waals surface area contributed by atoms with E-state index in [9.17, 15) is 18.4 Å². The smallest absolute Gasteiger partial charge is 0.198 e. The Balaban J connectivity index is 1.99. The maximum atomic E-state index is 12.9. The summed E-state index contributed by atoms with van der Waals surface area (Å²) < 4.78 is 38.6. The van der Waals surface area contributed by atoms with Crippen LogP contribution in [0, 0.1) is 35.5 Å². The zero-order valence-corrected chi connectivity index (χ0v) is 16.6. The van der Waals surface area contributed by atoms with Gasteiger partial charge >= 0.3 is 6.18 Å². The molecule has 0 heterocycles. The van der Waals surface area contributed by atoms with E-state index in [4.69, 9.17) is 11.6 Å². The van der Waals surface area contributed by atoms with Gasteiger partial charge in [-0.2, -0.15) is 18.4 Å². The first-order chi connectivity index (χ1) is 13.1. The molecule has 1 nitrogen and oxygen atoms in total. The highest BCUT2D eigenvalue weighted by Crippen LogP contribution is 2.65. The van der Waals surface area contributed by atoms with Gasteiger partial charge in [0.25, 0.3) is 0 Å². The maximum Gasteiger partial charge on any atom is 0.426 e. The van der Waals surface area contributed by atoms with Crippen molar-refractivity contribution in [3.05, 3.63) is 70.8 Å². The number of nitriles is 1. The van der Waals surface area contributed by atoms with Gasteiger partial charge in [0.1, 0.15) is 5.03 Å². The molecule has 2 aromatic rings. The van der Waals surface area contributed by atoms with E-state index in [2.05, 4.69) is 6.07 Å². The number of benzene rings is 2. The molecule has 3 rings (SSSR count). The van der Waals surface area contributed by atoms with E-state index in [0.29, 0.717) is 0 Å². The van der Waals surface area contributed by atoms with Crippen molar-refractivity contribution in [2.75, 3.05) is 0 Å². The zero-order chi connectivity index (χ0) is 20.7. The molecule has 1 aliphatic carbocycles. The highest BCUT2D eigenvalue weighted by molar-refractivity contribution is 6.30. The van der Waals surface area contributed by atoms with E-state index in [0.717, 1.165) is 28.3 Å². The van der Waals surface area contributed by atoms with E-state index in [1.165, 1.54) is 0 Å². The summed E-state index contributed by atoms with van der Waals surface area (Å²) in [5.41, 5.74) is 3.48. The summed E-state index contributed by atoms with van der Waals surface area (Å²) in [6.07, 6.45) is -3.48. The van der Waals surface area contributed by atoms with Gasteiger partial charge in [-0.1, -0.05) is 80.1 Å². The van der Waals surface area contributed by atoms with Crippen LogP contribution >= 0.6 is 11.6 Å². The number of nitrogens with zero attached hydrogens (tertiary/aromatic N) is 1. The average Bonchev–Trinajstić information content (AvgIpc) is 3.17. The molecule has 0 saturated heterocycles. The van der Waals surface area contributed by atoms with E-state index in [1.807, 2.05) is 69.3 Å². The molecule has 3 unspecified atom stereocenters. The fourth-order valence-electron chi connectivity index (χ4n) is 4.19. The number of hydrogen-bond donors (Lipinski definition) is 0. The molecule has 2 aromatic carbocycles. The Hall–Kier alpha value is -2.25. The van der Waals surface area contributed by atoms with Crippen molar-refractivity contribution in [3.63, 3.8) is 0 Å². The third-order valence-corrected chi connectivity index (χ3v) is 6.23. The summed E-state index contributed by atoms with van der Waals surface area (Å²) in [6, 6.07) is 18.0. The van der Waals surface area contributed by atoms with Crippen LogP contribution in [0.4, 0.5) is 13.2 Å². The van der Waals surface area contributed by atoms with E-state index < -0.39 is 28.5 Å². The van der Waals surface area contributed by atoms with Crippen LogP contribution < -0.4 is 0 Å². The zero-order valence-electron chi connectivity index (χ0n) is 15.9. The second-order valence-electron chi connectivity index (χ2n) is 7.88. The summed E-state index contributed by atoms with van der Waals surface area (Å²) in [7, 11) is 0. The molecule has 146 valence electrons. The Morgan fingerprint density at radius 2 is 1.79 bits per heavy atom. The van der Waals surface area contributed by atoms with Crippen molar-refractivity contribution in [1.82, 2.24) is 0 Å². The largest absolute Gasteiger partial charge is 0.426 e. The van der Waals surface area contributed by atoms with Gasteiger partial charge in [-0.25, -0.2) is 0 Å². The van der Waals surface area contributed by atoms with Crippen LogP contribution in [0.25, 0.3) is 11.1 Å². The first-order valence-electron chi connectivity index (χ1n) is 9.08. The molecule has 0 spiro atoms. The van der Waals surface area contributed by atoms with Crippen LogP contribution in [0.15, 0.2) is 59.6 Å². The molecule has 28 heavy (non-hydrogen) atoms. The molecule has 1 aliphatic rings. The SMILES string of the molecule is Cc1c(-c2ccccc2)cccc1C(C#N)C1C(C=C(Cl)C(F)(F)F)C1(C)C. The van der Waals surface area contributed by atoms with Gasteiger partial charge < -0.3 is 0 Å². The van der Waals surface area contributed by atoms with E-state index >= 15 is 0 Å². The Labute approximate surface area is 168 Å². The first-order valence-corrected chi connectivity index (χ1v) is 9.46. The molecular formula is C23H21ClF3N. The van der Waals surface area contributed by atoms with Crippen molar-refractivity contribution in [2.45, 2.75) is 32.9 Å². The van der Waals surface area contributed by atoms with Crippen LogP contribution in [-0.2, 0) is 0 Å². The summed E-state index contributed by atoms with van der Waals surface area (Å²) in [5, 5.41) is 8.78. The molecule has 0 aliphatic heterocycles. The molecule has 3 atom stereocenters. The van der Waals surface area contributed by atoms with Gasteiger partial charge in [0.2, 0.25) is 0 Å². The number of alkyl halides is 3. The predicted molar refractivity (Wildman–Crippen MR) is 106 cm³/mol. The summed E-state index contributed by atoms with van der Waals surface area (Å²) >= 11 is 5.47. The summed E-state index contributed by atoms with van der Waals surface area (Å²) in [6.45, 7) is 5.74. The van der Waals surface area contributed by atoms with Crippen LogP contribution in [-0.4, -0.2) is 6.18 Å². The van der Waals surface area contributed by atoms with Crippen LogP contribution in [0.2, 0.25) is 0 Å². The third kappa shape index (κ3) is 3.69. The second-order valence-corrected chi connectivity index (χ2v) is 8.29. The molecule has 0 aromatic heterocycles. The molecule has 1 saturated carbocycles. The average molecular weight is 404 g/mol.